The Morgan fingerprint density at radius 3 is 2.26 bits per heavy atom. The van der Waals surface area contributed by atoms with E-state index in [0.717, 1.165) is 18.7 Å². The minimum absolute atomic E-state index is 0.0275. The van der Waals surface area contributed by atoms with Crippen molar-refractivity contribution in [3.8, 4) is 0 Å². The lowest BCUT2D eigenvalue weighted by Crippen LogP contribution is -2.43. The van der Waals surface area contributed by atoms with Gasteiger partial charge in [0.2, 0.25) is 15.9 Å². The van der Waals surface area contributed by atoms with Gasteiger partial charge in [-0.15, -0.1) is 0 Å². The summed E-state index contributed by atoms with van der Waals surface area (Å²) in [5.74, 6) is 0.0354. The van der Waals surface area contributed by atoms with E-state index >= 15 is 0 Å². The summed E-state index contributed by atoms with van der Waals surface area (Å²) in [5.41, 5.74) is 2.34. The Labute approximate surface area is 163 Å². The maximum Gasteiger partial charge on any atom is 0.223 e. The molecule has 0 aromatic heterocycles. The molecule has 2 saturated heterocycles. The van der Waals surface area contributed by atoms with Crippen molar-refractivity contribution < 1.29 is 13.2 Å². The molecular formula is C20H31N3O3S. The zero-order valence-electron chi connectivity index (χ0n) is 16.4. The van der Waals surface area contributed by atoms with Crippen LogP contribution in [0.25, 0.3) is 0 Å². The Balaban J connectivity index is 1.52. The number of nitrogens with one attached hydrogen (secondary N) is 1. The SMILES string of the molecule is CCS(=O)(=O)N1CCC(C(=O)N[C@@H](C)c2ccc(N3CCCC3)cc2)CC1. The van der Waals surface area contributed by atoms with Crippen LogP contribution >= 0.6 is 0 Å². The largest absolute Gasteiger partial charge is 0.372 e. The van der Waals surface area contributed by atoms with E-state index in [4.69, 9.17) is 0 Å². The summed E-state index contributed by atoms with van der Waals surface area (Å²) in [6.45, 7) is 6.78. The first-order valence-electron chi connectivity index (χ1n) is 10.0. The van der Waals surface area contributed by atoms with E-state index in [2.05, 4.69) is 34.5 Å². The summed E-state index contributed by atoms with van der Waals surface area (Å²) in [7, 11) is -3.15. The molecule has 7 heteroatoms. The molecule has 2 heterocycles. The van der Waals surface area contributed by atoms with Gasteiger partial charge in [0.15, 0.2) is 0 Å². The van der Waals surface area contributed by atoms with Gasteiger partial charge in [-0.05, 0) is 57.2 Å². The number of sulfonamides is 1. The van der Waals surface area contributed by atoms with Crippen LogP contribution in [0.1, 0.15) is 51.1 Å². The van der Waals surface area contributed by atoms with Crippen molar-refractivity contribution in [2.24, 2.45) is 5.92 Å². The van der Waals surface area contributed by atoms with Crippen LogP contribution in [0.5, 0.6) is 0 Å². The van der Waals surface area contributed by atoms with Gasteiger partial charge in [-0.3, -0.25) is 4.79 Å². The van der Waals surface area contributed by atoms with Gasteiger partial charge in [0.05, 0.1) is 11.8 Å². The second-order valence-corrected chi connectivity index (χ2v) is 9.85. The number of carbonyl (C=O) groups is 1. The molecule has 150 valence electrons. The van der Waals surface area contributed by atoms with Crippen molar-refractivity contribution in [2.75, 3.05) is 36.8 Å². The van der Waals surface area contributed by atoms with E-state index in [1.165, 1.54) is 22.8 Å². The fourth-order valence-electron chi connectivity index (χ4n) is 3.94. The third-order valence-electron chi connectivity index (χ3n) is 5.81. The van der Waals surface area contributed by atoms with Gasteiger partial charge in [0.25, 0.3) is 0 Å². The fourth-order valence-corrected chi connectivity index (χ4v) is 5.07. The maximum atomic E-state index is 12.6. The summed E-state index contributed by atoms with van der Waals surface area (Å²) in [5, 5.41) is 3.10. The van der Waals surface area contributed by atoms with Crippen molar-refractivity contribution in [1.29, 1.82) is 0 Å². The summed E-state index contributed by atoms with van der Waals surface area (Å²) in [6.07, 6.45) is 3.69. The normalized spacial score (nSPS) is 20.6. The molecule has 1 aromatic rings. The summed E-state index contributed by atoms with van der Waals surface area (Å²) in [4.78, 5) is 15.0. The van der Waals surface area contributed by atoms with Crippen LogP contribution in [0.3, 0.4) is 0 Å². The van der Waals surface area contributed by atoms with Crippen LogP contribution in [0.15, 0.2) is 24.3 Å². The molecule has 3 rings (SSSR count). The lowest BCUT2D eigenvalue weighted by Gasteiger charge is -2.31. The van der Waals surface area contributed by atoms with Gasteiger partial charge in [-0.2, -0.15) is 0 Å². The van der Waals surface area contributed by atoms with Crippen LogP contribution in [0.2, 0.25) is 0 Å². The smallest absolute Gasteiger partial charge is 0.223 e. The molecule has 27 heavy (non-hydrogen) atoms. The fraction of sp³-hybridized carbons (Fsp3) is 0.650. The highest BCUT2D eigenvalue weighted by atomic mass is 32.2. The topological polar surface area (TPSA) is 69.7 Å². The van der Waals surface area contributed by atoms with Crippen molar-refractivity contribution in [2.45, 2.75) is 45.6 Å². The van der Waals surface area contributed by atoms with E-state index in [0.29, 0.717) is 25.9 Å². The standard InChI is InChI=1S/C20H31N3O3S/c1-3-27(25,26)23-14-10-18(11-15-23)20(24)21-16(2)17-6-8-19(9-7-17)22-12-4-5-13-22/h6-9,16,18H,3-5,10-15H2,1-2H3,(H,21,24)/t16-/m0/s1. The Morgan fingerprint density at radius 2 is 1.70 bits per heavy atom. The Bertz CT molecular complexity index is 734. The van der Waals surface area contributed by atoms with E-state index in [1.54, 1.807) is 6.92 Å². The van der Waals surface area contributed by atoms with E-state index in [9.17, 15) is 13.2 Å². The van der Waals surface area contributed by atoms with Crippen LogP contribution in [0, 0.1) is 5.92 Å². The monoisotopic (exact) mass is 393 g/mol. The summed E-state index contributed by atoms with van der Waals surface area (Å²) in [6, 6.07) is 8.40. The van der Waals surface area contributed by atoms with Crippen LogP contribution in [-0.4, -0.2) is 50.6 Å². The van der Waals surface area contributed by atoms with Gasteiger partial charge >= 0.3 is 0 Å². The second-order valence-electron chi connectivity index (χ2n) is 7.59. The highest BCUT2D eigenvalue weighted by molar-refractivity contribution is 7.89. The first kappa shape index (κ1) is 20.1. The minimum atomic E-state index is -3.15. The van der Waals surface area contributed by atoms with Crippen molar-refractivity contribution in [3.05, 3.63) is 29.8 Å². The van der Waals surface area contributed by atoms with Crippen molar-refractivity contribution in [3.63, 3.8) is 0 Å². The van der Waals surface area contributed by atoms with E-state index in [1.807, 2.05) is 6.92 Å². The molecule has 6 nitrogen and oxygen atoms in total. The lowest BCUT2D eigenvalue weighted by molar-refractivity contribution is -0.126. The number of piperidine rings is 1. The third-order valence-corrected chi connectivity index (χ3v) is 7.69. The zero-order chi connectivity index (χ0) is 19.4. The first-order valence-corrected chi connectivity index (χ1v) is 11.6. The molecule has 1 aromatic carbocycles. The molecule has 0 radical (unpaired) electrons. The highest BCUT2D eigenvalue weighted by Crippen LogP contribution is 2.24. The number of hydrogen-bond donors (Lipinski definition) is 1. The average Bonchev–Trinajstić information content (AvgIpc) is 3.23. The summed E-state index contributed by atoms with van der Waals surface area (Å²) >= 11 is 0. The van der Waals surface area contributed by atoms with Gasteiger partial charge in [-0.25, -0.2) is 12.7 Å². The number of carbonyl (C=O) groups excluding carboxylic acids is 1. The molecule has 1 amide bonds. The lowest BCUT2D eigenvalue weighted by atomic mass is 9.96. The Kier molecular flexibility index (Phi) is 6.42. The quantitative estimate of drug-likeness (QED) is 0.806. The molecule has 1 N–H and O–H groups in total. The first-order chi connectivity index (χ1) is 12.9. The predicted octanol–water partition coefficient (Wildman–Crippen LogP) is 2.53. The molecule has 2 fully saturated rings. The summed E-state index contributed by atoms with van der Waals surface area (Å²) < 4.78 is 25.4. The molecule has 0 saturated carbocycles. The molecule has 0 aliphatic carbocycles. The molecular weight excluding hydrogens is 362 g/mol. The molecule has 0 spiro atoms. The number of rotatable bonds is 6. The molecule has 0 bridgehead atoms. The number of nitrogens with zero attached hydrogens (tertiary/aromatic N) is 2. The van der Waals surface area contributed by atoms with Crippen LogP contribution in [-0.2, 0) is 14.8 Å². The highest BCUT2D eigenvalue weighted by Gasteiger charge is 2.30. The molecule has 0 unspecified atom stereocenters. The van der Waals surface area contributed by atoms with E-state index < -0.39 is 10.0 Å². The van der Waals surface area contributed by atoms with Gasteiger partial charge < -0.3 is 10.2 Å². The molecule has 2 aliphatic heterocycles. The second kappa shape index (κ2) is 8.61. The Hall–Kier alpha value is -1.60. The molecule has 2 aliphatic rings. The van der Waals surface area contributed by atoms with E-state index in [-0.39, 0.29) is 23.6 Å². The maximum absolute atomic E-state index is 12.6. The van der Waals surface area contributed by atoms with Gasteiger partial charge in [0.1, 0.15) is 0 Å². The zero-order valence-corrected chi connectivity index (χ0v) is 17.2. The average molecular weight is 394 g/mol. The predicted molar refractivity (Wildman–Crippen MR) is 108 cm³/mol. The number of hydrogen-bond acceptors (Lipinski definition) is 4. The minimum Gasteiger partial charge on any atom is -0.372 e. The van der Waals surface area contributed by atoms with Crippen molar-refractivity contribution >= 4 is 21.6 Å². The van der Waals surface area contributed by atoms with Crippen LogP contribution < -0.4 is 10.2 Å². The number of amides is 1. The van der Waals surface area contributed by atoms with Gasteiger partial charge in [-0.1, -0.05) is 12.1 Å². The van der Waals surface area contributed by atoms with Crippen LogP contribution in [0.4, 0.5) is 5.69 Å². The number of benzene rings is 1. The number of anilines is 1. The van der Waals surface area contributed by atoms with Crippen molar-refractivity contribution in [1.82, 2.24) is 9.62 Å². The molecule has 1 atom stereocenters. The Morgan fingerprint density at radius 1 is 1.11 bits per heavy atom. The van der Waals surface area contributed by atoms with Gasteiger partial charge in [0, 0.05) is 37.8 Å². The third kappa shape index (κ3) is 4.82.